The van der Waals surface area contributed by atoms with E-state index in [9.17, 15) is 19.0 Å². The number of nitrogens with one attached hydrogen (secondary N) is 1. The van der Waals surface area contributed by atoms with Gasteiger partial charge in [-0.25, -0.2) is 4.79 Å². The number of hydrogen-bond acceptors (Lipinski definition) is 5. The van der Waals surface area contributed by atoms with Crippen LogP contribution in [0.1, 0.15) is 12.5 Å². The van der Waals surface area contributed by atoms with E-state index in [0.717, 1.165) is 5.56 Å². The largest absolute Gasteiger partial charge is 0.480 e. The van der Waals surface area contributed by atoms with E-state index >= 15 is 0 Å². The lowest BCUT2D eigenvalue weighted by atomic mass is 10.1. The number of carbonyl (C=O) groups is 2. The molecule has 9 heteroatoms. The third-order valence-corrected chi connectivity index (χ3v) is 5.49. The molecule has 0 heterocycles. The molecule has 0 aliphatic heterocycles. The number of aliphatic carboxylic acids is 1. The summed E-state index contributed by atoms with van der Waals surface area (Å²) in [6.45, 7) is 1.31. The standard InChI is InChI=1S/C14H22N3O5P/c1-9(15)23(21,22)8-12(14(19)20)17-13(18)11(16)7-10-5-3-2-4-6-10/h2-6,9,11-12H,7-8,15-16H2,1H3,(H,17,18)(H,19,20)(H,21,22)/t9?,11-,12?/m1/s1. The number of benzene rings is 1. The number of rotatable bonds is 8. The Kier molecular flexibility index (Phi) is 6.90. The average molecular weight is 343 g/mol. The quantitative estimate of drug-likeness (QED) is 0.406. The minimum absolute atomic E-state index is 0.225. The molecule has 0 saturated heterocycles. The fourth-order valence-corrected chi connectivity index (χ4v) is 2.96. The molecule has 1 aromatic rings. The zero-order chi connectivity index (χ0) is 17.6. The lowest BCUT2D eigenvalue weighted by Crippen LogP contribution is -2.51. The Bertz CT molecular complexity index is 593. The summed E-state index contributed by atoms with van der Waals surface area (Å²) in [6.07, 6.45) is -0.424. The number of hydrogen-bond donors (Lipinski definition) is 5. The van der Waals surface area contributed by atoms with Crippen LogP contribution >= 0.6 is 7.37 Å². The first-order valence-electron chi connectivity index (χ1n) is 7.03. The first-order chi connectivity index (χ1) is 10.6. The van der Waals surface area contributed by atoms with Crippen LogP contribution in [0.25, 0.3) is 0 Å². The zero-order valence-corrected chi connectivity index (χ0v) is 13.6. The molecule has 0 aromatic heterocycles. The van der Waals surface area contributed by atoms with Crippen molar-refractivity contribution in [3.05, 3.63) is 35.9 Å². The smallest absolute Gasteiger partial charge is 0.326 e. The van der Waals surface area contributed by atoms with Gasteiger partial charge in [-0.05, 0) is 18.9 Å². The minimum Gasteiger partial charge on any atom is -0.480 e. The van der Waals surface area contributed by atoms with Crippen LogP contribution in [-0.4, -0.2) is 45.9 Å². The van der Waals surface area contributed by atoms with E-state index in [-0.39, 0.29) is 6.42 Å². The Balaban J connectivity index is 2.71. The minimum atomic E-state index is -3.89. The molecular formula is C14H22N3O5P. The van der Waals surface area contributed by atoms with E-state index in [2.05, 4.69) is 5.32 Å². The predicted octanol–water partition coefficient (Wildman–Crippen LogP) is -0.299. The summed E-state index contributed by atoms with van der Waals surface area (Å²) in [7, 11) is -3.89. The molecule has 128 valence electrons. The van der Waals surface area contributed by atoms with Crippen LogP contribution in [0.15, 0.2) is 30.3 Å². The van der Waals surface area contributed by atoms with E-state index in [1.165, 1.54) is 6.92 Å². The number of carbonyl (C=O) groups excluding carboxylic acids is 1. The SMILES string of the molecule is CC(N)P(=O)(O)CC(NC(=O)[C@H](N)Cc1ccccc1)C(=O)O. The van der Waals surface area contributed by atoms with E-state index in [1.54, 1.807) is 24.3 Å². The average Bonchev–Trinajstić information content (AvgIpc) is 2.46. The Morgan fingerprint density at radius 3 is 2.30 bits per heavy atom. The molecule has 0 saturated carbocycles. The van der Waals surface area contributed by atoms with Crippen LogP contribution < -0.4 is 16.8 Å². The lowest BCUT2D eigenvalue weighted by molar-refractivity contribution is -0.141. The van der Waals surface area contributed by atoms with Crippen molar-refractivity contribution in [1.29, 1.82) is 0 Å². The van der Waals surface area contributed by atoms with Crippen molar-refractivity contribution in [2.24, 2.45) is 11.5 Å². The molecule has 23 heavy (non-hydrogen) atoms. The summed E-state index contributed by atoms with van der Waals surface area (Å²) in [4.78, 5) is 32.9. The normalized spacial score (nSPS) is 17.6. The summed E-state index contributed by atoms with van der Waals surface area (Å²) >= 11 is 0. The molecule has 0 aliphatic carbocycles. The van der Waals surface area contributed by atoms with Crippen molar-refractivity contribution in [2.75, 3.05) is 6.16 Å². The van der Waals surface area contributed by atoms with Gasteiger partial charge in [0.2, 0.25) is 13.3 Å². The molecular weight excluding hydrogens is 321 g/mol. The summed E-state index contributed by atoms with van der Waals surface area (Å²) in [5, 5.41) is 11.3. The highest BCUT2D eigenvalue weighted by atomic mass is 31.2. The van der Waals surface area contributed by atoms with Gasteiger partial charge in [-0.1, -0.05) is 30.3 Å². The number of amides is 1. The van der Waals surface area contributed by atoms with Crippen LogP contribution in [0, 0.1) is 0 Å². The zero-order valence-electron chi connectivity index (χ0n) is 12.8. The molecule has 4 atom stereocenters. The maximum atomic E-state index is 12.0. The van der Waals surface area contributed by atoms with Crippen LogP contribution in [0.4, 0.5) is 0 Å². The summed E-state index contributed by atoms with van der Waals surface area (Å²) in [5.41, 5.74) is 12.0. The molecule has 7 N–H and O–H groups in total. The Labute approximate surface area is 134 Å². The molecule has 0 bridgehead atoms. The monoisotopic (exact) mass is 343 g/mol. The Morgan fingerprint density at radius 2 is 1.83 bits per heavy atom. The van der Waals surface area contributed by atoms with E-state index < -0.39 is 43.3 Å². The molecule has 0 fully saturated rings. The summed E-state index contributed by atoms with van der Waals surface area (Å²) in [6, 6.07) is 6.51. The predicted molar refractivity (Wildman–Crippen MR) is 86.0 cm³/mol. The van der Waals surface area contributed by atoms with Crippen LogP contribution in [0.3, 0.4) is 0 Å². The summed E-state index contributed by atoms with van der Waals surface area (Å²) in [5.74, 6) is -3.20. The van der Waals surface area contributed by atoms with Gasteiger partial charge >= 0.3 is 5.97 Å². The lowest BCUT2D eigenvalue weighted by Gasteiger charge is -2.22. The first kappa shape index (κ1) is 19.3. The highest BCUT2D eigenvalue weighted by Crippen LogP contribution is 2.44. The number of nitrogens with two attached hydrogens (primary N) is 2. The van der Waals surface area contributed by atoms with Crippen LogP contribution in [-0.2, 0) is 20.6 Å². The van der Waals surface area contributed by atoms with Crippen LogP contribution in [0.5, 0.6) is 0 Å². The number of carboxylic acids is 1. The van der Waals surface area contributed by atoms with Crippen molar-refractivity contribution < 1.29 is 24.2 Å². The fourth-order valence-electron chi connectivity index (χ4n) is 1.85. The third-order valence-electron chi connectivity index (χ3n) is 3.33. The maximum Gasteiger partial charge on any atom is 0.326 e. The fraction of sp³-hybridized carbons (Fsp3) is 0.429. The van der Waals surface area contributed by atoms with E-state index in [0.29, 0.717) is 0 Å². The molecule has 0 spiro atoms. The topological polar surface area (TPSA) is 156 Å². The second-order valence-corrected chi connectivity index (χ2v) is 8.07. The molecule has 0 aliphatic rings. The first-order valence-corrected chi connectivity index (χ1v) is 8.94. The number of carboxylic acid groups (broad SMARTS) is 1. The van der Waals surface area contributed by atoms with Crippen molar-refractivity contribution in [3.63, 3.8) is 0 Å². The third kappa shape index (κ3) is 6.11. The van der Waals surface area contributed by atoms with Gasteiger partial charge in [0, 0.05) is 0 Å². The van der Waals surface area contributed by atoms with Crippen molar-refractivity contribution in [1.82, 2.24) is 5.32 Å². The second-order valence-electron chi connectivity index (χ2n) is 5.37. The maximum absolute atomic E-state index is 12.0. The van der Waals surface area contributed by atoms with Crippen molar-refractivity contribution >= 4 is 19.2 Å². The highest BCUT2D eigenvalue weighted by molar-refractivity contribution is 7.58. The molecule has 8 nitrogen and oxygen atoms in total. The molecule has 3 unspecified atom stereocenters. The van der Waals surface area contributed by atoms with Gasteiger partial charge in [-0.2, -0.15) is 0 Å². The van der Waals surface area contributed by atoms with Gasteiger partial charge in [0.05, 0.1) is 18.0 Å². The van der Waals surface area contributed by atoms with Gasteiger partial charge in [0.1, 0.15) is 6.04 Å². The van der Waals surface area contributed by atoms with Gasteiger partial charge in [0.25, 0.3) is 0 Å². The highest BCUT2D eigenvalue weighted by Gasteiger charge is 2.33. The summed E-state index contributed by atoms with van der Waals surface area (Å²) < 4.78 is 11.9. The van der Waals surface area contributed by atoms with Crippen molar-refractivity contribution in [3.8, 4) is 0 Å². The van der Waals surface area contributed by atoms with E-state index in [4.69, 9.17) is 16.6 Å². The Morgan fingerprint density at radius 1 is 1.26 bits per heavy atom. The Hall–Kier alpha value is -1.73. The molecule has 1 aromatic carbocycles. The van der Waals surface area contributed by atoms with Crippen LogP contribution in [0.2, 0.25) is 0 Å². The van der Waals surface area contributed by atoms with Gasteiger partial charge in [-0.3, -0.25) is 9.36 Å². The second kappa shape index (κ2) is 8.21. The van der Waals surface area contributed by atoms with Gasteiger partial charge < -0.3 is 26.8 Å². The van der Waals surface area contributed by atoms with Crippen molar-refractivity contribution in [2.45, 2.75) is 31.2 Å². The molecule has 1 rings (SSSR count). The van der Waals surface area contributed by atoms with E-state index in [1.807, 2.05) is 6.07 Å². The van der Waals surface area contributed by atoms with Gasteiger partial charge in [-0.15, -0.1) is 0 Å². The van der Waals surface area contributed by atoms with Gasteiger partial charge in [0.15, 0.2) is 0 Å². The molecule has 1 amide bonds. The molecule has 0 radical (unpaired) electrons.